The van der Waals surface area contributed by atoms with Crippen molar-refractivity contribution in [2.45, 2.75) is 6.42 Å². The fraction of sp³-hybridized carbons (Fsp3) is 0.476. The van der Waals surface area contributed by atoms with Gasteiger partial charge in [0.2, 0.25) is 11.7 Å². The third-order valence-electron chi connectivity index (χ3n) is 5.09. The van der Waals surface area contributed by atoms with Crippen LogP contribution in [0.2, 0.25) is 0 Å². The summed E-state index contributed by atoms with van der Waals surface area (Å²) >= 11 is 0. The van der Waals surface area contributed by atoms with Crippen molar-refractivity contribution in [3.05, 3.63) is 36.2 Å². The molecule has 0 atom stereocenters. The van der Waals surface area contributed by atoms with Crippen molar-refractivity contribution in [2.24, 2.45) is 4.99 Å². The number of hydrogen-bond donors (Lipinski definition) is 1. The molecule has 2 aromatic rings. The molecular weight excluding hydrogens is 384 g/mol. The molecule has 9 nitrogen and oxygen atoms in total. The minimum atomic E-state index is 0.612. The lowest BCUT2D eigenvalue weighted by atomic mass is 10.1. The van der Waals surface area contributed by atoms with E-state index in [9.17, 15) is 0 Å². The Kier molecular flexibility index (Phi) is 7.53. The highest BCUT2D eigenvalue weighted by Crippen LogP contribution is 2.39. The van der Waals surface area contributed by atoms with Crippen LogP contribution in [0.5, 0.6) is 17.2 Å². The van der Waals surface area contributed by atoms with Crippen LogP contribution in [0, 0.1) is 0 Å². The number of nitrogens with one attached hydrogen (secondary N) is 1. The average molecular weight is 415 g/mol. The Bertz CT molecular complexity index is 838. The number of guanidine groups is 1. The largest absolute Gasteiger partial charge is 0.493 e. The molecule has 0 saturated carbocycles. The molecule has 3 rings (SSSR count). The van der Waals surface area contributed by atoms with E-state index in [0.29, 0.717) is 17.2 Å². The minimum absolute atomic E-state index is 0.612. The van der Waals surface area contributed by atoms with E-state index in [1.807, 2.05) is 25.2 Å². The summed E-state index contributed by atoms with van der Waals surface area (Å²) in [5.74, 6) is 3.64. The van der Waals surface area contributed by atoms with Gasteiger partial charge in [0.25, 0.3) is 0 Å². The average Bonchev–Trinajstić information content (AvgIpc) is 2.82. The third kappa shape index (κ3) is 4.84. The number of anilines is 1. The second-order valence-electron chi connectivity index (χ2n) is 6.74. The van der Waals surface area contributed by atoms with E-state index in [1.54, 1.807) is 33.7 Å². The van der Waals surface area contributed by atoms with E-state index in [2.05, 4.69) is 30.1 Å². The highest BCUT2D eigenvalue weighted by Gasteiger charge is 2.21. The van der Waals surface area contributed by atoms with Crippen molar-refractivity contribution in [3.8, 4) is 17.2 Å². The third-order valence-corrected chi connectivity index (χ3v) is 5.09. The molecule has 0 aliphatic carbocycles. The fourth-order valence-electron chi connectivity index (χ4n) is 3.57. The summed E-state index contributed by atoms with van der Waals surface area (Å²) in [5.41, 5.74) is 1.05. The van der Waals surface area contributed by atoms with Crippen molar-refractivity contribution < 1.29 is 14.2 Å². The molecule has 162 valence electrons. The molecule has 1 aromatic heterocycles. The highest BCUT2D eigenvalue weighted by atomic mass is 16.5. The maximum absolute atomic E-state index is 5.57. The molecule has 2 heterocycles. The number of aliphatic imine (C=N–C) groups is 1. The van der Waals surface area contributed by atoms with Gasteiger partial charge in [-0.05, 0) is 18.6 Å². The van der Waals surface area contributed by atoms with E-state index in [1.165, 1.54) is 0 Å². The lowest BCUT2D eigenvalue weighted by Gasteiger charge is -2.36. The van der Waals surface area contributed by atoms with E-state index >= 15 is 0 Å². The Hall–Kier alpha value is -3.23. The van der Waals surface area contributed by atoms with Crippen LogP contribution < -0.4 is 24.4 Å². The monoisotopic (exact) mass is 414 g/mol. The fourth-order valence-corrected chi connectivity index (χ4v) is 3.57. The predicted molar refractivity (Wildman–Crippen MR) is 117 cm³/mol. The number of methoxy groups -OCH3 is 3. The predicted octanol–water partition coefficient (Wildman–Crippen LogP) is 1.44. The number of aromatic nitrogens is 2. The molecule has 1 aliphatic heterocycles. The molecule has 1 aliphatic rings. The van der Waals surface area contributed by atoms with Gasteiger partial charge in [-0.1, -0.05) is 6.07 Å². The van der Waals surface area contributed by atoms with Gasteiger partial charge >= 0.3 is 0 Å². The number of piperazine rings is 1. The van der Waals surface area contributed by atoms with Gasteiger partial charge < -0.3 is 29.3 Å². The Morgan fingerprint density at radius 1 is 1.00 bits per heavy atom. The summed E-state index contributed by atoms with van der Waals surface area (Å²) in [5, 5.41) is 3.46. The Labute approximate surface area is 177 Å². The van der Waals surface area contributed by atoms with Crippen LogP contribution in [0.4, 0.5) is 5.95 Å². The molecule has 0 radical (unpaired) electrons. The molecule has 1 fully saturated rings. The van der Waals surface area contributed by atoms with E-state index < -0.39 is 0 Å². The number of benzene rings is 1. The van der Waals surface area contributed by atoms with Crippen LogP contribution in [0.15, 0.2) is 35.6 Å². The zero-order valence-electron chi connectivity index (χ0n) is 18.1. The Morgan fingerprint density at radius 2 is 1.70 bits per heavy atom. The van der Waals surface area contributed by atoms with Crippen LogP contribution in [0.25, 0.3) is 0 Å². The van der Waals surface area contributed by atoms with Gasteiger partial charge in [-0.2, -0.15) is 0 Å². The van der Waals surface area contributed by atoms with Gasteiger partial charge in [0.15, 0.2) is 17.5 Å². The molecule has 0 spiro atoms. The second-order valence-corrected chi connectivity index (χ2v) is 6.74. The zero-order valence-corrected chi connectivity index (χ0v) is 18.1. The zero-order chi connectivity index (χ0) is 21.3. The van der Waals surface area contributed by atoms with Crippen LogP contribution in [-0.4, -0.2) is 81.9 Å². The maximum atomic E-state index is 5.57. The van der Waals surface area contributed by atoms with Crippen LogP contribution >= 0.6 is 0 Å². The van der Waals surface area contributed by atoms with E-state index in [4.69, 9.17) is 14.2 Å². The lowest BCUT2D eigenvalue weighted by molar-refractivity contribution is 0.322. The van der Waals surface area contributed by atoms with Crippen LogP contribution in [0.1, 0.15) is 5.56 Å². The number of hydrogen-bond acceptors (Lipinski definition) is 7. The van der Waals surface area contributed by atoms with Crippen molar-refractivity contribution in [2.75, 3.05) is 66.0 Å². The Morgan fingerprint density at radius 3 is 2.30 bits per heavy atom. The summed E-state index contributed by atoms with van der Waals surface area (Å²) < 4.78 is 16.4. The first-order valence-electron chi connectivity index (χ1n) is 9.97. The number of ether oxygens (including phenoxy) is 3. The van der Waals surface area contributed by atoms with Gasteiger partial charge in [-0.15, -0.1) is 0 Å². The summed E-state index contributed by atoms with van der Waals surface area (Å²) in [6.07, 6.45) is 4.32. The molecule has 0 amide bonds. The first-order valence-corrected chi connectivity index (χ1v) is 9.97. The first kappa shape index (κ1) is 21.5. The summed E-state index contributed by atoms with van der Waals surface area (Å²) in [4.78, 5) is 17.6. The SMILES string of the molecule is CN=C(NCCc1ccc(OC)c(OC)c1OC)N1CCN(c2ncccn2)CC1. The van der Waals surface area contributed by atoms with Gasteiger partial charge in [0.1, 0.15) is 0 Å². The van der Waals surface area contributed by atoms with Crippen molar-refractivity contribution in [1.29, 1.82) is 0 Å². The number of nitrogens with zero attached hydrogens (tertiary/aromatic N) is 5. The quantitative estimate of drug-likeness (QED) is 0.538. The van der Waals surface area contributed by atoms with Crippen molar-refractivity contribution in [1.82, 2.24) is 20.2 Å². The lowest BCUT2D eigenvalue weighted by Crippen LogP contribution is -2.53. The molecule has 1 aromatic carbocycles. The molecular formula is C21H30N6O3. The highest BCUT2D eigenvalue weighted by molar-refractivity contribution is 5.80. The molecule has 1 saturated heterocycles. The van der Waals surface area contributed by atoms with Gasteiger partial charge in [0, 0.05) is 57.7 Å². The summed E-state index contributed by atoms with van der Waals surface area (Å²) in [6, 6.07) is 5.73. The van der Waals surface area contributed by atoms with Crippen molar-refractivity contribution >= 4 is 11.9 Å². The van der Waals surface area contributed by atoms with Gasteiger partial charge in [-0.25, -0.2) is 9.97 Å². The molecule has 1 N–H and O–H groups in total. The van der Waals surface area contributed by atoms with Crippen LogP contribution in [0.3, 0.4) is 0 Å². The Balaban J connectivity index is 1.56. The normalized spacial score (nSPS) is 14.5. The molecule has 0 unspecified atom stereocenters. The van der Waals surface area contributed by atoms with E-state index in [-0.39, 0.29) is 0 Å². The molecule has 9 heteroatoms. The van der Waals surface area contributed by atoms with Gasteiger partial charge in [0.05, 0.1) is 21.3 Å². The van der Waals surface area contributed by atoms with Gasteiger partial charge in [-0.3, -0.25) is 4.99 Å². The minimum Gasteiger partial charge on any atom is -0.493 e. The maximum Gasteiger partial charge on any atom is 0.225 e. The standard InChI is InChI=1S/C21H30N6O3/c1-22-20(26-12-14-27(15-13-26)21-23-9-5-10-24-21)25-11-8-16-6-7-17(28-2)19(30-4)18(16)29-3/h5-7,9-10H,8,11-15H2,1-4H3,(H,22,25). The van der Waals surface area contributed by atoms with E-state index in [0.717, 1.165) is 56.6 Å². The van der Waals surface area contributed by atoms with Crippen molar-refractivity contribution in [3.63, 3.8) is 0 Å². The summed E-state index contributed by atoms with van der Waals surface area (Å²) in [6.45, 7) is 4.15. The topological polar surface area (TPSA) is 84.3 Å². The second kappa shape index (κ2) is 10.5. The first-order chi connectivity index (χ1) is 14.7. The molecule has 30 heavy (non-hydrogen) atoms. The summed E-state index contributed by atoms with van der Waals surface area (Å²) in [7, 11) is 6.69. The smallest absolute Gasteiger partial charge is 0.225 e. The number of rotatable bonds is 7. The van der Waals surface area contributed by atoms with Crippen LogP contribution in [-0.2, 0) is 6.42 Å². The molecule has 0 bridgehead atoms.